The molecule has 2 aliphatic heterocycles. The molecule has 0 spiro atoms. The fraction of sp³-hybridized carbons (Fsp3) is 0.125. The van der Waals surface area contributed by atoms with Crippen molar-refractivity contribution in [2.75, 3.05) is 0 Å². The molecule has 0 bridgehead atoms. The highest BCUT2D eigenvalue weighted by Crippen LogP contribution is 2.22. The van der Waals surface area contributed by atoms with Gasteiger partial charge in [-0.1, -0.05) is 17.7 Å². The molecule has 1 atom stereocenters. The van der Waals surface area contributed by atoms with Crippen LogP contribution in [0, 0.1) is 5.92 Å². The lowest BCUT2D eigenvalue weighted by Gasteiger charge is -2.05. The van der Waals surface area contributed by atoms with Crippen LogP contribution in [0.1, 0.15) is 0 Å². The topological polar surface area (TPSA) is 62.0 Å². The van der Waals surface area contributed by atoms with Crippen LogP contribution in [-0.2, 0) is 4.79 Å². The second-order valence-electron chi connectivity index (χ2n) is 2.65. The van der Waals surface area contributed by atoms with Crippen LogP contribution < -0.4 is 0 Å². The van der Waals surface area contributed by atoms with Gasteiger partial charge in [0.05, 0.1) is 5.92 Å². The van der Waals surface area contributed by atoms with E-state index in [1.165, 1.54) is 0 Å². The zero-order chi connectivity index (χ0) is 9.42. The third-order valence-electron chi connectivity index (χ3n) is 1.75. The molecule has 5 heteroatoms. The number of aliphatic carboxylic acids is 1. The molecule has 4 nitrogen and oxygen atoms in total. The summed E-state index contributed by atoms with van der Waals surface area (Å²) in [7, 11) is 0. The van der Waals surface area contributed by atoms with Crippen molar-refractivity contribution >= 4 is 28.6 Å². The number of dihydropyridines is 1. The predicted octanol–water partition coefficient (Wildman–Crippen LogP) is 1.19. The van der Waals surface area contributed by atoms with Gasteiger partial charge in [0.1, 0.15) is 16.7 Å². The maximum absolute atomic E-state index is 10.5. The van der Waals surface area contributed by atoms with Gasteiger partial charge in [-0.25, -0.2) is 14.8 Å². The quantitative estimate of drug-likeness (QED) is 0.685. The fourth-order valence-corrected chi connectivity index (χ4v) is 1.33. The van der Waals surface area contributed by atoms with Crippen molar-refractivity contribution in [1.82, 2.24) is 0 Å². The van der Waals surface area contributed by atoms with E-state index in [0.29, 0.717) is 11.0 Å². The Labute approximate surface area is 79.0 Å². The van der Waals surface area contributed by atoms with Crippen LogP contribution in [0.25, 0.3) is 0 Å². The van der Waals surface area contributed by atoms with Crippen LogP contribution in [0.5, 0.6) is 0 Å². The summed E-state index contributed by atoms with van der Waals surface area (Å²) in [4.78, 5) is 18.3. The fourth-order valence-electron chi connectivity index (χ4n) is 1.17. The van der Waals surface area contributed by atoms with Gasteiger partial charge in [0.15, 0.2) is 0 Å². The zero-order valence-corrected chi connectivity index (χ0v) is 7.19. The molecule has 0 amide bonds. The summed E-state index contributed by atoms with van der Waals surface area (Å²) in [6.45, 7) is 0. The lowest BCUT2D eigenvalue weighted by molar-refractivity contribution is -0.132. The molecule has 0 aliphatic carbocycles. The number of amidine groups is 1. The van der Waals surface area contributed by atoms with E-state index in [2.05, 4.69) is 9.98 Å². The highest BCUT2D eigenvalue weighted by atomic mass is 35.5. The van der Waals surface area contributed by atoms with Crippen molar-refractivity contribution in [3.8, 4) is 0 Å². The Bertz CT molecular complexity index is 393. The number of rotatable bonds is 1. The minimum atomic E-state index is -1.04. The van der Waals surface area contributed by atoms with Crippen molar-refractivity contribution in [3.05, 3.63) is 23.9 Å². The molecule has 0 unspecified atom stereocenters. The number of halogens is 1. The number of hydrogen-bond acceptors (Lipinski definition) is 3. The molecule has 0 saturated heterocycles. The van der Waals surface area contributed by atoms with E-state index < -0.39 is 5.97 Å². The molecule has 0 radical (unpaired) electrons. The summed E-state index contributed by atoms with van der Waals surface area (Å²) in [6.07, 6.45) is 4.94. The molecular formula is C8H5ClN2O2. The van der Waals surface area contributed by atoms with Crippen molar-refractivity contribution in [1.29, 1.82) is 0 Å². The van der Waals surface area contributed by atoms with Crippen LogP contribution >= 0.6 is 11.6 Å². The number of nitrogens with zero attached hydrogens (tertiary/aromatic N) is 2. The average Bonchev–Trinajstić information content (AvgIpc) is 2.46. The van der Waals surface area contributed by atoms with E-state index in [4.69, 9.17) is 16.7 Å². The minimum Gasteiger partial charge on any atom is -0.477 e. The van der Waals surface area contributed by atoms with Crippen molar-refractivity contribution in [2.24, 2.45) is 15.9 Å². The number of carbonyl (C=O) groups is 1. The van der Waals surface area contributed by atoms with E-state index >= 15 is 0 Å². The Hall–Kier alpha value is -1.42. The molecule has 2 aliphatic rings. The Kier molecular flexibility index (Phi) is 1.77. The summed E-state index contributed by atoms with van der Waals surface area (Å²) >= 11 is 5.62. The minimum absolute atomic E-state index is 0.0276. The number of allylic oxidation sites excluding steroid dienone is 1. The summed E-state index contributed by atoms with van der Waals surface area (Å²) in [5, 5.41) is 8.97. The third-order valence-corrected chi connectivity index (χ3v) is 1.96. The van der Waals surface area contributed by atoms with Crippen LogP contribution in [0.4, 0.5) is 0 Å². The number of aliphatic imine (C=N–C) groups is 2. The lowest BCUT2D eigenvalue weighted by atomic mass is 10.1. The summed E-state index contributed by atoms with van der Waals surface area (Å²) in [6, 6.07) is 0. The van der Waals surface area contributed by atoms with Crippen molar-refractivity contribution in [3.63, 3.8) is 0 Å². The zero-order valence-electron chi connectivity index (χ0n) is 6.44. The van der Waals surface area contributed by atoms with Gasteiger partial charge in [-0.3, -0.25) is 0 Å². The van der Waals surface area contributed by atoms with Gasteiger partial charge in [-0.15, -0.1) is 0 Å². The molecular weight excluding hydrogens is 192 g/mol. The SMILES string of the molecule is O=C(O)C1=C[C@H]2C=CC(Cl)=NC2=N1. The summed E-state index contributed by atoms with van der Waals surface area (Å²) in [5.41, 5.74) is 0.0276. The van der Waals surface area contributed by atoms with Gasteiger partial charge in [0, 0.05) is 0 Å². The van der Waals surface area contributed by atoms with Crippen molar-refractivity contribution < 1.29 is 9.90 Å². The molecule has 2 heterocycles. The van der Waals surface area contributed by atoms with Gasteiger partial charge in [-0.05, 0) is 12.2 Å². The van der Waals surface area contributed by atoms with Crippen LogP contribution in [-0.4, -0.2) is 22.1 Å². The van der Waals surface area contributed by atoms with Crippen LogP contribution in [0.15, 0.2) is 33.9 Å². The van der Waals surface area contributed by atoms with E-state index in [-0.39, 0.29) is 11.6 Å². The largest absolute Gasteiger partial charge is 0.477 e. The van der Waals surface area contributed by atoms with E-state index in [9.17, 15) is 4.79 Å². The highest BCUT2D eigenvalue weighted by Gasteiger charge is 2.24. The Morgan fingerprint density at radius 3 is 3.00 bits per heavy atom. The Balaban J connectivity index is 2.36. The first kappa shape index (κ1) is 8.19. The second kappa shape index (κ2) is 2.81. The highest BCUT2D eigenvalue weighted by molar-refractivity contribution is 6.69. The van der Waals surface area contributed by atoms with Crippen molar-refractivity contribution in [2.45, 2.75) is 0 Å². The first-order valence-electron chi connectivity index (χ1n) is 3.63. The van der Waals surface area contributed by atoms with Gasteiger partial charge < -0.3 is 5.11 Å². The normalized spacial score (nSPS) is 24.7. The second-order valence-corrected chi connectivity index (χ2v) is 3.03. The van der Waals surface area contributed by atoms with Crippen LogP contribution in [0.2, 0.25) is 0 Å². The maximum atomic E-state index is 10.5. The smallest absolute Gasteiger partial charge is 0.354 e. The number of carboxylic acid groups (broad SMARTS) is 1. The van der Waals surface area contributed by atoms with Gasteiger partial charge >= 0.3 is 5.97 Å². The Morgan fingerprint density at radius 1 is 1.54 bits per heavy atom. The number of hydrogen-bond donors (Lipinski definition) is 1. The van der Waals surface area contributed by atoms with E-state index in [0.717, 1.165) is 0 Å². The Morgan fingerprint density at radius 2 is 2.31 bits per heavy atom. The van der Waals surface area contributed by atoms with Crippen LogP contribution in [0.3, 0.4) is 0 Å². The maximum Gasteiger partial charge on any atom is 0.354 e. The van der Waals surface area contributed by atoms with E-state index in [1.807, 2.05) is 0 Å². The molecule has 13 heavy (non-hydrogen) atoms. The molecule has 0 aromatic heterocycles. The molecule has 0 aromatic carbocycles. The molecule has 1 N–H and O–H groups in total. The standard InChI is InChI=1S/C8H5ClN2O2/c9-6-2-1-4-3-5(8(12)13)10-7(4)11-6/h1-4H,(H,12,13)/t4-/m1/s1. The monoisotopic (exact) mass is 196 g/mol. The predicted molar refractivity (Wildman–Crippen MR) is 49.1 cm³/mol. The summed E-state index contributed by atoms with van der Waals surface area (Å²) < 4.78 is 0. The number of carboxylic acids is 1. The lowest BCUT2D eigenvalue weighted by Crippen LogP contribution is -2.09. The van der Waals surface area contributed by atoms with Gasteiger partial charge in [-0.2, -0.15) is 0 Å². The van der Waals surface area contributed by atoms with Gasteiger partial charge in [0.25, 0.3) is 0 Å². The molecule has 0 fully saturated rings. The van der Waals surface area contributed by atoms with Gasteiger partial charge in [0.2, 0.25) is 0 Å². The molecule has 2 rings (SSSR count). The molecule has 0 saturated carbocycles. The average molecular weight is 197 g/mol. The molecule has 0 aromatic rings. The first-order chi connectivity index (χ1) is 6.16. The number of fused-ring (bicyclic) bond motifs is 1. The molecule has 66 valence electrons. The third kappa shape index (κ3) is 1.40. The first-order valence-corrected chi connectivity index (χ1v) is 4.01. The van der Waals surface area contributed by atoms with E-state index in [1.54, 1.807) is 18.2 Å². The summed E-state index contributed by atoms with van der Waals surface area (Å²) in [5.74, 6) is -0.722.